The third kappa shape index (κ3) is 3.90. The van der Waals surface area contributed by atoms with Crippen molar-refractivity contribution in [3.8, 4) is 19.5 Å². The van der Waals surface area contributed by atoms with Crippen molar-refractivity contribution in [2.24, 2.45) is 0 Å². The first kappa shape index (κ1) is 24.7. The Morgan fingerprint density at radius 2 is 0.853 bits per heavy atom. The molecule has 0 spiro atoms. The Bertz CT molecular complexity index is 1650. The van der Waals surface area contributed by atoms with Crippen LogP contribution in [0.1, 0.15) is 23.6 Å². The van der Waals surface area contributed by atoms with Crippen LogP contribution in [0.15, 0.2) is 42.2 Å². The minimum atomic E-state index is 1.19. The first-order chi connectivity index (χ1) is 16.4. The average molecular weight is 812 g/mol. The molecule has 6 rings (SSSR count). The zero-order valence-electron chi connectivity index (χ0n) is 17.4. The normalized spacial score (nSPS) is 12.8. The number of fused-ring (bicyclic) bond motifs is 3. The second-order valence-electron chi connectivity index (χ2n) is 7.32. The van der Waals surface area contributed by atoms with Crippen molar-refractivity contribution in [2.45, 2.75) is 13.8 Å². The summed E-state index contributed by atoms with van der Waals surface area (Å²) >= 11 is 26.9. The lowest BCUT2D eigenvalue weighted by molar-refractivity contribution is 1.79. The van der Waals surface area contributed by atoms with Gasteiger partial charge in [0.15, 0.2) is 0 Å². The van der Waals surface area contributed by atoms with Crippen LogP contribution in [-0.2, 0) is 0 Å². The van der Waals surface area contributed by atoms with Gasteiger partial charge in [-0.05, 0) is 102 Å². The summed E-state index contributed by atoms with van der Waals surface area (Å²) in [5.74, 6) is 0. The van der Waals surface area contributed by atoms with E-state index in [2.05, 4.69) is 114 Å². The topological polar surface area (TPSA) is 0 Å². The number of rotatable bonds is 4. The molecule has 0 aromatic carbocycles. The Morgan fingerprint density at radius 1 is 0.500 bits per heavy atom. The SMILES string of the molecule is C/C=C/c1cc2sc(-c3sc4c(Br)c(-c5sc6cc(/C=C/C)sc6c5Br)sc4c3Br)c(Br)c2s1. The van der Waals surface area contributed by atoms with E-state index in [4.69, 9.17) is 0 Å². The van der Waals surface area contributed by atoms with Crippen molar-refractivity contribution >= 4 is 172 Å². The molecule has 6 heterocycles. The molecule has 0 saturated heterocycles. The van der Waals surface area contributed by atoms with Gasteiger partial charge in [-0.1, -0.05) is 12.2 Å². The van der Waals surface area contributed by atoms with E-state index in [0.29, 0.717) is 0 Å². The molecule has 0 bridgehead atoms. The molecule has 0 N–H and O–H groups in total. The van der Waals surface area contributed by atoms with Crippen molar-refractivity contribution < 1.29 is 0 Å². The van der Waals surface area contributed by atoms with E-state index in [1.54, 1.807) is 0 Å². The molecular formula is C24H12Br4S6. The summed E-state index contributed by atoms with van der Waals surface area (Å²) in [7, 11) is 0. The Labute approximate surface area is 254 Å². The summed E-state index contributed by atoms with van der Waals surface area (Å²) in [6.07, 6.45) is 8.54. The molecule has 0 aliphatic rings. The Kier molecular flexibility index (Phi) is 6.97. The highest BCUT2D eigenvalue weighted by Gasteiger charge is 2.26. The van der Waals surface area contributed by atoms with E-state index >= 15 is 0 Å². The van der Waals surface area contributed by atoms with Gasteiger partial charge in [0.2, 0.25) is 0 Å². The van der Waals surface area contributed by atoms with Crippen LogP contribution >= 0.6 is 132 Å². The van der Waals surface area contributed by atoms with Gasteiger partial charge in [-0.2, -0.15) is 0 Å². The van der Waals surface area contributed by atoms with Gasteiger partial charge in [0.1, 0.15) is 0 Å². The fourth-order valence-electron chi connectivity index (χ4n) is 3.72. The molecule has 6 aromatic rings. The molecule has 6 aromatic heterocycles. The van der Waals surface area contributed by atoms with Gasteiger partial charge in [0.25, 0.3) is 0 Å². The van der Waals surface area contributed by atoms with E-state index in [1.807, 2.05) is 68.0 Å². The minimum absolute atomic E-state index is 1.19. The lowest BCUT2D eigenvalue weighted by Crippen LogP contribution is -1.69. The summed E-state index contributed by atoms with van der Waals surface area (Å²) in [6.45, 7) is 4.13. The van der Waals surface area contributed by atoms with Crippen molar-refractivity contribution in [2.75, 3.05) is 0 Å². The maximum absolute atomic E-state index is 3.96. The molecule has 0 atom stereocenters. The third-order valence-corrected chi connectivity index (χ3v) is 18.1. The molecule has 0 fully saturated rings. The first-order valence-electron chi connectivity index (χ1n) is 10.0. The highest BCUT2D eigenvalue weighted by atomic mass is 79.9. The van der Waals surface area contributed by atoms with Crippen LogP contribution in [0, 0.1) is 0 Å². The average Bonchev–Trinajstić information content (AvgIpc) is 3.61. The van der Waals surface area contributed by atoms with E-state index < -0.39 is 0 Å². The quantitative estimate of drug-likeness (QED) is 0.166. The number of halogens is 4. The zero-order valence-corrected chi connectivity index (χ0v) is 28.7. The lowest BCUT2D eigenvalue weighted by atomic mass is 10.3. The Morgan fingerprint density at radius 3 is 1.21 bits per heavy atom. The molecule has 0 radical (unpaired) electrons. The van der Waals surface area contributed by atoms with E-state index in [1.165, 1.54) is 75.4 Å². The first-order valence-corrected chi connectivity index (χ1v) is 18.1. The second-order valence-corrected chi connectivity index (χ2v) is 16.8. The van der Waals surface area contributed by atoms with Crippen LogP contribution < -0.4 is 0 Å². The summed E-state index contributed by atoms with van der Waals surface area (Å²) in [4.78, 5) is 7.79. The van der Waals surface area contributed by atoms with E-state index in [9.17, 15) is 0 Å². The lowest BCUT2D eigenvalue weighted by Gasteiger charge is -1.98. The third-order valence-electron chi connectivity index (χ3n) is 5.14. The number of hydrogen-bond acceptors (Lipinski definition) is 6. The molecule has 0 nitrogen and oxygen atoms in total. The van der Waals surface area contributed by atoms with Crippen molar-refractivity contribution in [1.29, 1.82) is 0 Å². The maximum Gasteiger partial charge on any atom is 0.0618 e. The fraction of sp³-hybridized carbons (Fsp3) is 0.0833. The van der Waals surface area contributed by atoms with Gasteiger partial charge >= 0.3 is 0 Å². The van der Waals surface area contributed by atoms with Crippen LogP contribution in [0.4, 0.5) is 0 Å². The molecule has 172 valence electrons. The van der Waals surface area contributed by atoms with Gasteiger partial charge in [-0.25, -0.2) is 0 Å². The van der Waals surface area contributed by atoms with Crippen LogP contribution in [0.2, 0.25) is 0 Å². The summed E-state index contributed by atoms with van der Waals surface area (Å²) < 4.78 is 12.7. The molecule has 0 aliphatic heterocycles. The largest absolute Gasteiger partial charge is 0.134 e. The minimum Gasteiger partial charge on any atom is -0.134 e. The van der Waals surface area contributed by atoms with E-state index in [0.717, 1.165) is 0 Å². The molecule has 0 aliphatic carbocycles. The Balaban J connectivity index is 1.46. The van der Waals surface area contributed by atoms with Crippen molar-refractivity contribution in [3.05, 3.63) is 51.9 Å². The predicted octanol–water partition coefficient (Wildman–Crippen LogP) is 14.0. The van der Waals surface area contributed by atoms with Crippen molar-refractivity contribution in [3.63, 3.8) is 0 Å². The molecule has 34 heavy (non-hydrogen) atoms. The smallest absolute Gasteiger partial charge is 0.0618 e. The van der Waals surface area contributed by atoms with Gasteiger partial charge in [-0.3, -0.25) is 0 Å². The van der Waals surface area contributed by atoms with Crippen LogP contribution in [0.5, 0.6) is 0 Å². The van der Waals surface area contributed by atoms with Crippen LogP contribution in [0.3, 0.4) is 0 Å². The number of thiophene rings is 6. The maximum atomic E-state index is 3.96. The highest BCUT2D eigenvalue weighted by molar-refractivity contribution is 9.11. The summed E-state index contributed by atoms with van der Waals surface area (Å²) in [6, 6.07) is 4.58. The Hall–Kier alpha value is 0.380. The van der Waals surface area contributed by atoms with Gasteiger partial charge in [-0.15, -0.1) is 68.0 Å². The summed E-state index contributed by atoms with van der Waals surface area (Å²) in [5.41, 5.74) is 0. The molecule has 0 amide bonds. The monoisotopic (exact) mass is 808 g/mol. The molecule has 0 unspecified atom stereocenters. The zero-order chi connectivity index (χ0) is 23.7. The van der Waals surface area contributed by atoms with Crippen molar-refractivity contribution in [1.82, 2.24) is 0 Å². The summed E-state index contributed by atoms with van der Waals surface area (Å²) in [5, 5.41) is 0. The van der Waals surface area contributed by atoms with Crippen LogP contribution in [0.25, 0.3) is 59.9 Å². The standard InChI is InChI=1S/C24H12Br4S6/c1-3-5-9-7-11-17(29-9)13(25)19(31-11)21-15(27)23-24(33-21)16(28)22(34-23)20-14(26)18-12(32-20)8-10(30-18)6-4-2/h3-8H,1-2H3/b5-3+,6-4+. The second kappa shape index (κ2) is 9.60. The fourth-order valence-corrected chi connectivity index (χ4v) is 15.8. The highest BCUT2D eigenvalue weighted by Crippen LogP contribution is 2.58. The van der Waals surface area contributed by atoms with E-state index in [-0.39, 0.29) is 0 Å². The predicted molar refractivity (Wildman–Crippen MR) is 177 cm³/mol. The molecular weight excluding hydrogens is 800 g/mol. The number of hydrogen-bond donors (Lipinski definition) is 0. The molecule has 10 heteroatoms. The van der Waals surface area contributed by atoms with Crippen LogP contribution in [-0.4, -0.2) is 0 Å². The van der Waals surface area contributed by atoms with Gasteiger partial charge in [0, 0.05) is 19.2 Å². The molecule has 0 saturated carbocycles. The van der Waals surface area contributed by atoms with Gasteiger partial charge < -0.3 is 0 Å². The van der Waals surface area contributed by atoms with Gasteiger partial charge in [0.05, 0.1) is 56.2 Å². The number of allylic oxidation sites excluding steroid dienone is 2.